The fourth-order valence-corrected chi connectivity index (χ4v) is 2.15. The molecule has 0 bridgehead atoms. The van der Waals surface area contributed by atoms with Gasteiger partial charge in [-0.3, -0.25) is 0 Å². The van der Waals surface area contributed by atoms with E-state index < -0.39 is 0 Å². The van der Waals surface area contributed by atoms with E-state index in [-0.39, 0.29) is 11.4 Å². The average molecular weight is 256 g/mol. The minimum Gasteiger partial charge on any atom is -0.475 e. The van der Waals surface area contributed by atoms with Crippen molar-refractivity contribution in [2.45, 2.75) is 32.8 Å². The SMILES string of the molecule is CC(C)Oc1nc(Cl)nc2c1CCN(C)CC2. The van der Waals surface area contributed by atoms with Gasteiger partial charge in [-0.05, 0) is 38.9 Å². The van der Waals surface area contributed by atoms with Crippen molar-refractivity contribution in [1.29, 1.82) is 0 Å². The van der Waals surface area contributed by atoms with E-state index in [0.717, 1.165) is 37.2 Å². The Hall–Kier alpha value is -0.870. The molecule has 0 spiro atoms. The third kappa shape index (κ3) is 3.07. The monoisotopic (exact) mass is 255 g/mol. The summed E-state index contributed by atoms with van der Waals surface area (Å²) in [5, 5.41) is 0.281. The van der Waals surface area contributed by atoms with Gasteiger partial charge in [0.15, 0.2) is 0 Å². The molecule has 0 aliphatic carbocycles. The molecule has 0 fully saturated rings. The number of nitrogens with zero attached hydrogens (tertiary/aromatic N) is 3. The Morgan fingerprint density at radius 1 is 1.24 bits per heavy atom. The van der Waals surface area contributed by atoms with Gasteiger partial charge in [0, 0.05) is 25.1 Å². The van der Waals surface area contributed by atoms with E-state index in [2.05, 4.69) is 21.9 Å². The van der Waals surface area contributed by atoms with Crippen molar-refractivity contribution >= 4 is 11.6 Å². The number of rotatable bonds is 2. The van der Waals surface area contributed by atoms with Crippen molar-refractivity contribution in [2.24, 2.45) is 0 Å². The first kappa shape index (κ1) is 12.6. The van der Waals surface area contributed by atoms with Gasteiger partial charge >= 0.3 is 0 Å². The molecule has 1 aliphatic rings. The normalized spacial score (nSPS) is 16.8. The summed E-state index contributed by atoms with van der Waals surface area (Å²) in [4.78, 5) is 10.8. The Balaban J connectivity index is 2.36. The summed E-state index contributed by atoms with van der Waals surface area (Å²) in [5.41, 5.74) is 2.15. The maximum Gasteiger partial charge on any atom is 0.225 e. The van der Waals surface area contributed by atoms with Crippen LogP contribution in [0.15, 0.2) is 0 Å². The highest BCUT2D eigenvalue weighted by atomic mass is 35.5. The Morgan fingerprint density at radius 3 is 2.65 bits per heavy atom. The van der Waals surface area contributed by atoms with Crippen LogP contribution < -0.4 is 4.74 Å². The predicted octanol–water partition coefficient (Wildman–Crippen LogP) is 1.95. The van der Waals surface area contributed by atoms with Crippen LogP contribution in [-0.2, 0) is 12.8 Å². The van der Waals surface area contributed by atoms with E-state index in [1.807, 2.05) is 13.8 Å². The molecule has 1 aromatic rings. The zero-order valence-electron chi connectivity index (χ0n) is 10.5. The van der Waals surface area contributed by atoms with E-state index in [9.17, 15) is 0 Å². The molecule has 1 aliphatic heterocycles. The largest absolute Gasteiger partial charge is 0.475 e. The zero-order chi connectivity index (χ0) is 12.4. The van der Waals surface area contributed by atoms with Gasteiger partial charge in [-0.2, -0.15) is 4.98 Å². The zero-order valence-corrected chi connectivity index (χ0v) is 11.3. The Morgan fingerprint density at radius 2 is 1.94 bits per heavy atom. The highest BCUT2D eigenvalue weighted by molar-refractivity contribution is 6.28. The van der Waals surface area contributed by atoms with E-state index in [1.54, 1.807) is 0 Å². The number of likely N-dealkylation sites (N-methyl/N-ethyl adjacent to an activating group) is 1. The molecular weight excluding hydrogens is 238 g/mol. The van der Waals surface area contributed by atoms with E-state index >= 15 is 0 Å². The van der Waals surface area contributed by atoms with Gasteiger partial charge in [0.1, 0.15) is 0 Å². The molecule has 0 unspecified atom stereocenters. The first-order valence-corrected chi connectivity index (χ1v) is 6.34. The van der Waals surface area contributed by atoms with Crippen molar-refractivity contribution in [2.75, 3.05) is 20.1 Å². The summed E-state index contributed by atoms with van der Waals surface area (Å²) in [6, 6.07) is 0. The maximum atomic E-state index is 5.94. The Labute approximate surface area is 107 Å². The second-order valence-electron chi connectivity index (χ2n) is 4.69. The van der Waals surface area contributed by atoms with Gasteiger partial charge < -0.3 is 9.64 Å². The van der Waals surface area contributed by atoms with Crippen molar-refractivity contribution in [1.82, 2.24) is 14.9 Å². The molecule has 5 heteroatoms. The number of fused-ring (bicyclic) bond motifs is 1. The molecule has 0 N–H and O–H groups in total. The molecular formula is C12H18ClN3O. The second kappa shape index (κ2) is 5.19. The van der Waals surface area contributed by atoms with Gasteiger partial charge in [-0.1, -0.05) is 0 Å². The minimum atomic E-state index is 0.103. The summed E-state index contributed by atoms with van der Waals surface area (Å²) in [7, 11) is 2.11. The van der Waals surface area contributed by atoms with Crippen molar-refractivity contribution in [3.05, 3.63) is 16.5 Å². The second-order valence-corrected chi connectivity index (χ2v) is 5.03. The van der Waals surface area contributed by atoms with Crippen LogP contribution in [0.1, 0.15) is 25.1 Å². The lowest BCUT2D eigenvalue weighted by Crippen LogP contribution is -2.20. The van der Waals surface area contributed by atoms with Gasteiger partial charge in [0.25, 0.3) is 0 Å². The van der Waals surface area contributed by atoms with Crippen molar-refractivity contribution < 1.29 is 4.74 Å². The summed E-state index contributed by atoms with van der Waals surface area (Å²) >= 11 is 5.94. The topological polar surface area (TPSA) is 38.3 Å². The van der Waals surface area contributed by atoms with E-state index in [0.29, 0.717) is 5.88 Å². The average Bonchev–Trinajstić information content (AvgIpc) is 2.40. The molecule has 17 heavy (non-hydrogen) atoms. The molecule has 0 saturated heterocycles. The molecule has 4 nitrogen and oxygen atoms in total. The molecule has 0 atom stereocenters. The van der Waals surface area contributed by atoms with Crippen LogP contribution in [0, 0.1) is 0 Å². The molecule has 1 aromatic heterocycles. The quantitative estimate of drug-likeness (QED) is 0.757. The fourth-order valence-electron chi connectivity index (χ4n) is 1.97. The lowest BCUT2D eigenvalue weighted by molar-refractivity contribution is 0.229. The van der Waals surface area contributed by atoms with Crippen LogP contribution in [0.25, 0.3) is 0 Å². The highest BCUT2D eigenvalue weighted by Crippen LogP contribution is 2.25. The molecule has 0 aromatic carbocycles. The first-order chi connectivity index (χ1) is 8.06. The van der Waals surface area contributed by atoms with Gasteiger partial charge in [-0.15, -0.1) is 0 Å². The standard InChI is InChI=1S/C12H18ClN3O/c1-8(2)17-11-9-4-6-16(3)7-5-10(9)14-12(13)15-11/h8H,4-7H2,1-3H3. The maximum absolute atomic E-state index is 5.94. The number of halogens is 1. The first-order valence-electron chi connectivity index (χ1n) is 5.96. The third-order valence-corrected chi connectivity index (χ3v) is 3.02. The van der Waals surface area contributed by atoms with Crippen LogP contribution in [0.5, 0.6) is 5.88 Å². The summed E-state index contributed by atoms with van der Waals surface area (Å²) < 4.78 is 5.73. The molecule has 0 radical (unpaired) electrons. The molecule has 94 valence electrons. The number of hydrogen-bond acceptors (Lipinski definition) is 4. The highest BCUT2D eigenvalue weighted by Gasteiger charge is 2.19. The summed E-state index contributed by atoms with van der Waals surface area (Å²) in [6.07, 6.45) is 1.93. The van der Waals surface area contributed by atoms with E-state index in [1.165, 1.54) is 0 Å². The minimum absolute atomic E-state index is 0.103. The predicted molar refractivity (Wildman–Crippen MR) is 67.7 cm³/mol. The smallest absolute Gasteiger partial charge is 0.225 e. The van der Waals surface area contributed by atoms with E-state index in [4.69, 9.17) is 16.3 Å². The van der Waals surface area contributed by atoms with Crippen LogP contribution in [0.4, 0.5) is 0 Å². The van der Waals surface area contributed by atoms with Gasteiger partial charge in [0.2, 0.25) is 11.2 Å². The molecule has 2 heterocycles. The van der Waals surface area contributed by atoms with Crippen molar-refractivity contribution in [3.63, 3.8) is 0 Å². The van der Waals surface area contributed by atoms with Crippen molar-refractivity contribution in [3.8, 4) is 5.88 Å². The fraction of sp³-hybridized carbons (Fsp3) is 0.667. The van der Waals surface area contributed by atoms with Crippen LogP contribution in [0.3, 0.4) is 0 Å². The van der Waals surface area contributed by atoms with Crippen LogP contribution in [-0.4, -0.2) is 41.1 Å². The third-order valence-electron chi connectivity index (χ3n) is 2.85. The molecule has 0 amide bonds. The van der Waals surface area contributed by atoms with Gasteiger partial charge in [-0.25, -0.2) is 4.98 Å². The Bertz CT molecular complexity index is 409. The van der Waals surface area contributed by atoms with Crippen LogP contribution in [0.2, 0.25) is 5.28 Å². The Kier molecular flexibility index (Phi) is 3.84. The van der Waals surface area contributed by atoms with Gasteiger partial charge in [0.05, 0.1) is 11.8 Å². The summed E-state index contributed by atoms with van der Waals surface area (Å²) in [6.45, 7) is 5.99. The summed E-state index contributed by atoms with van der Waals surface area (Å²) in [5.74, 6) is 0.658. The lowest BCUT2D eigenvalue weighted by Gasteiger charge is -2.14. The number of hydrogen-bond donors (Lipinski definition) is 0. The lowest BCUT2D eigenvalue weighted by atomic mass is 10.1. The number of aromatic nitrogens is 2. The molecule has 2 rings (SSSR count). The number of ether oxygens (including phenoxy) is 1. The molecule has 0 saturated carbocycles. The van der Waals surface area contributed by atoms with Crippen LogP contribution >= 0.6 is 11.6 Å².